The molecule has 0 aliphatic heterocycles. The van der Waals surface area contributed by atoms with Gasteiger partial charge in [0, 0.05) is 17.9 Å². The van der Waals surface area contributed by atoms with Crippen molar-refractivity contribution in [3.05, 3.63) is 0 Å². The van der Waals surface area contributed by atoms with E-state index < -0.39 is 0 Å². The topological polar surface area (TPSA) is 43.1 Å². The molecule has 0 aliphatic carbocycles. The lowest BCUT2D eigenvalue weighted by Gasteiger charge is -2.18. The van der Waals surface area contributed by atoms with Crippen LogP contribution >= 0.6 is 0 Å². The van der Waals surface area contributed by atoms with Crippen LogP contribution < -0.4 is 5.73 Å². The summed E-state index contributed by atoms with van der Waals surface area (Å²) >= 11 is 0. The molecule has 2 nitrogen and oxygen atoms in total. The smallest absolute Gasteiger partial charge is 0.139 e. The summed E-state index contributed by atoms with van der Waals surface area (Å²) in [6.45, 7) is 7.79. The van der Waals surface area contributed by atoms with E-state index in [0.29, 0.717) is 6.42 Å². The molecule has 0 aliphatic rings. The molecule has 0 aromatic carbocycles. The van der Waals surface area contributed by atoms with Gasteiger partial charge in [-0.05, 0) is 6.42 Å². The largest absolute Gasteiger partial charge is 0.327 e. The second-order valence-corrected chi connectivity index (χ2v) is 4.05. The van der Waals surface area contributed by atoms with Gasteiger partial charge in [0.2, 0.25) is 0 Å². The molecule has 0 bridgehead atoms. The minimum Gasteiger partial charge on any atom is -0.327 e. The minimum absolute atomic E-state index is 0.0433. The lowest BCUT2D eigenvalue weighted by atomic mass is 9.87. The Morgan fingerprint density at radius 3 is 2.18 bits per heavy atom. The molecule has 11 heavy (non-hydrogen) atoms. The Morgan fingerprint density at radius 1 is 1.45 bits per heavy atom. The molecule has 1 unspecified atom stereocenters. The number of rotatable bonds is 3. The van der Waals surface area contributed by atoms with Crippen molar-refractivity contribution in [2.45, 2.75) is 46.6 Å². The van der Waals surface area contributed by atoms with Crippen molar-refractivity contribution in [1.29, 1.82) is 0 Å². The molecule has 2 N–H and O–H groups in total. The quantitative estimate of drug-likeness (QED) is 0.678. The van der Waals surface area contributed by atoms with E-state index in [0.717, 1.165) is 6.42 Å². The van der Waals surface area contributed by atoms with E-state index in [1.165, 1.54) is 0 Å². The van der Waals surface area contributed by atoms with E-state index in [-0.39, 0.29) is 17.2 Å². The summed E-state index contributed by atoms with van der Waals surface area (Å²) in [7, 11) is 0. The van der Waals surface area contributed by atoms with Gasteiger partial charge >= 0.3 is 0 Å². The van der Waals surface area contributed by atoms with Gasteiger partial charge in [0.05, 0.1) is 0 Å². The van der Waals surface area contributed by atoms with E-state index in [4.69, 9.17) is 5.73 Å². The number of carbonyl (C=O) groups is 1. The van der Waals surface area contributed by atoms with Gasteiger partial charge in [-0.3, -0.25) is 4.79 Å². The first-order chi connectivity index (χ1) is 4.88. The molecule has 0 heterocycles. The third-order valence-electron chi connectivity index (χ3n) is 1.81. The molecule has 0 saturated heterocycles. The van der Waals surface area contributed by atoms with E-state index in [9.17, 15) is 4.79 Å². The van der Waals surface area contributed by atoms with Crippen molar-refractivity contribution in [2.24, 2.45) is 11.1 Å². The third-order valence-corrected chi connectivity index (χ3v) is 1.81. The highest BCUT2D eigenvalue weighted by Gasteiger charge is 2.22. The summed E-state index contributed by atoms with van der Waals surface area (Å²) in [5, 5.41) is 0. The van der Waals surface area contributed by atoms with Gasteiger partial charge in [-0.25, -0.2) is 0 Å². The van der Waals surface area contributed by atoms with Crippen molar-refractivity contribution in [3.8, 4) is 0 Å². The summed E-state index contributed by atoms with van der Waals surface area (Å²) in [6.07, 6.45) is 1.39. The molecule has 0 radical (unpaired) electrons. The first-order valence-corrected chi connectivity index (χ1v) is 4.16. The monoisotopic (exact) mass is 157 g/mol. The minimum atomic E-state index is -0.229. The average molecular weight is 157 g/mol. The Kier molecular flexibility index (Phi) is 3.73. The molecular weight excluding hydrogens is 138 g/mol. The first kappa shape index (κ1) is 10.6. The molecule has 0 aromatic rings. The fraction of sp³-hybridized carbons (Fsp3) is 0.889. The van der Waals surface area contributed by atoms with E-state index >= 15 is 0 Å². The molecule has 0 rings (SSSR count). The molecular formula is C9H19NO. The van der Waals surface area contributed by atoms with Crippen LogP contribution in [0.5, 0.6) is 0 Å². The van der Waals surface area contributed by atoms with Crippen molar-refractivity contribution in [3.63, 3.8) is 0 Å². The normalized spacial score (nSPS) is 14.6. The van der Waals surface area contributed by atoms with E-state index in [1.807, 2.05) is 27.7 Å². The maximum Gasteiger partial charge on any atom is 0.139 e. The highest BCUT2D eigenvalue weighted by atomic mass is 16.1. The van der Waals surface area contributed by atoms with Crippen molar-refractivity contribution >= 4 is 5.78 Å². The lowest BCUT2D eigenvalue weighted by Crippen LogP contribution is -2.29. The lowest BCUT2D eigenvalue weighted by molar-refractivity contribution is -0.126. The van der Waals surface area contributed by atoms with Crippen molar-refractivity contribution < 1.29 is 4.79 Å². The number of carbonyl (C=O) groups excluding carboxylic acids is 1. The molecule has 0 aromatic heterocycles. The third kappa shape index (κ3) is 4.14. The molecule has 2 heteroatoms. The maximum absolute atomic E-state index is 11.4. The summed E-state index contributed by atoms with van der Waals surface area (Å²) in [6, 6.07) is 0.0433. The summed E-state index contributed by atoms with van der Waals surface area (Å²) in [5.41, 5.74) is 5.42. The van der Waals surface area contributed by atoms with Gasteiger partial charge in [-0.15, -0.1) is 0 Å². The predicted molar refractivity (Wildman–Crippen MR) is 47.3 cm³/mol. The van der Waals surface area contributed by atoms with Gasteiger partial charge in [0.25, 0.3) is 0 Å². The van der Waals surface area contributed by atoms with E-state index in [1.54, 1.807) is 0 Å². The van der Waals surface area contributed by atoms with Crippen LogP contribution in [0, 0.1) is 5.41 Å². The molecule has 0 amide bonds. The molecule has 0 spiro atoms. The highest BCUT2D eigenvalue weighted by molar-refractivity contribution is 5.84. The number of nitrogens with two attached hydrogens (primary N) is 1. The van der Waals surface area contributed by atoms with Crippen LogP contribution in [0.1, 0.15) is 40.5 Å². The van der Waals surface area contributed by atoms with Gasteiger partial charge in [0.15, 0.2) is 0 Å². The Morgan fingerprint density at radius 2 is 1.91 bits per heavy atom. The fourth-order valence-electron chi connectivity index (χ4n) is 0.689. The van der Waals surface area contributed by atoms with Gasteiger partial charge in [-0.2, -0.15) is 0 Å². The zero-order valence-corrected chi connectivity index (χ0v) is 7.98. The maximum atomic E-state index is 11.4. The Balaban J connectivity index is 3.88. The highest BCUT2D eigenvalue weighted by Crippen LogP contribution is 2.17. The molecule has 0 saturated carbocycles. The van der Waals surface area contributed by atoms with Crippen LogP contribution in [-0.4, -0.2) is 11.8 Å². The Bertz CT molecular complexity index is 135. The summed E-state index contributed by atoms with van der Waals surface area (Å²) in [4.78, 5) is 11.4. The van der Waals surface area contributed by atoms with Crippen LogP contribution in [0.3, 0.4) is 0 Å². The van der Waals surface area contributed by atoms with Crippen molar-refractivity contribution in [1.82, 2.24) is 0 Å². The Labute approximate surface area is 69.2 Å². The number of ketones is 1. The molecule has 0 fully saturated rings. The number of hydrogen-bond acceptors (Lipinski definition) is 2. The molecule has 66 valence electrons. The molecule has 1 atom stereocenters. The van der Waals surface area contributed by atoms with Gasteiger partial charge in [0.1, 0.15) is 5.78 Å². The first-order valence-electron chi connectivity index (χ1n) is 4.16. The number of Topliss-reactive ketones (excluding diaryl/α,β-unsaturated/α-hetero) is 1. The van der Waals surface area contributed by atoms with Crippen LogP contribution in [-0.2, 0) is 4.79 Å². The summed E-state index contributed by atoms with van der Waals surface area (Å²) in [5.74, 6) is 0.256. The second-order valence-electron chi connectivity index (χ2n) is 4.05. The van der Waals surface area contributed by atoms with Gasteiger partial charge < -0.3 is 5.73 Å². The van der Waals surface area contributed by atoms with Crippen LogP contribution in [0.15, 0.2) is 0 Å². The zero-order valence-electron chi connectivity index (χ0n) is 7.98. The van der Waals surface area contributed by atoms with Crippen LogP contribution in [0.25, 0.3) is 0 Å². The summed E-state index contributed by atoms with van der Waals surface area (Å²) < 4.78 is 0. The van der Waals surface area contributed by atoms with Crippen molar-refractivity contribution in [2.75, 3.05) is 0 Å². The SMILES string of the molecule is CCC(N)CC(=O)C(C)(C)C. The second kappa shape index (κ2) is 3.86. The van der Waals surface area contributed by atoms with Gasteiger partial charge in [-0.1, -0.05) is 27.7 Å². The number of hydrogen-bond donors (Lipinski definition) is 1. The fourth-order valence-corrected chi connectivity index (χ4v) is 0.689. The zero-order chi connectivity index (χ0) is 9.07. The Hall–Kier alpha value is -0.370. The predicted octanol–water partition coefficient (Wildman–Crippen LogP) is 1.73. The van der Waals surface area contributed by atoms with E-state index in [2.05, 4.69) is 0 Å². The van der Waals surface area contributed by atoms with Crippen LogP contribution in [0.4, 0.5) is 0 Å². The average Bonchev–Trinajstić information content (AvgIpc) is 1.85. The van der Waals surface area contributed by atoms with Crippen LogP contribution in [0.2, 0.25) is 0 Å². The standard InChI is InChI=1S/C9H19NO/c1-5-7(10)6-8(11)9(2,3)4/h7H,5-6,10H2,1-4H3.